The summed E-state index contributed by atoms with van der Waals surface area (Å²) in [4.78, 5) is 16.4. The molecule has 0 radical (unpaired) electrons. The van der Waals surface area contributed by atoms with E-state index in [9.17, 15) is 4.79 Å². The van der Waals surface area contributed by atoms with Crippen LogP contribution in [0.5, 0.6) is 0 Å². The first-order valence-corrected chi connectivity index (χ1v) is 10.3. The summed E-state index contributed by atoms with van der Waals surface area (Å²) in [5.74, 6) is 0.108. The van der Waals surface area contributed by atoms with Crippen LogP contribution in [0.4, 0.5) is 11.4 Å². The normalized spacial score (nSPS) is 22.8. The van der Waals surface area contributed by atoms with E-state index < -0.39 is 0 Å². The molecular formula is C22H31N4O+. The quantitative estimate of drug-likeness (QED) is 0.852. The van der Waals surface area contributed by atoms with Gasteiger partial charge in [-0.25, -0.2) is 0 Å². The van der Waals surface area contributed by atoms with Crippen LogP contribution in [-0.4, -0.2) is 36.7 Å². The van der Waals surface area contributed by atoms with Crippen molar-refractivity contribution in [2.45, 2.75) is 38.1 Å². The van der Waals surface area contributed by atoms with E-state index in [-0.39, 0.29) is 5.91 Å². The minimum Gasteiger partial charge on any atom is -0.372 e. The van der Waals surface area contributed by atoms with Crippen molar-refractivity contribution in [3.05, 3.63) is 48.3 Å². The van der Waals surface area contributed by atoms with E-state index in [1.165, 1.54) is 42.0 Å². The molecular weight excluding hydrogens is 336 g/mol. The molecule has 0 bridgehead atoms. The number of rotatable bonds is 5. The molecule has 2 atom stereocenters. The molecule has 2 N–H and O–H groups in total. The Balaban J connectivity index is 1.34. The molecule has 4 rings (SSSR count). The molecule has 27 heavy (non-hydrogen) atoms. The Hall–Kier alpha value is -2.27. The minimum atomic E-state index is 0.108. The van der Waals surface area contributed by atoms with Gasteiger partial charge in [0.15, 0.2) is 6.54 Å². The first-order valence-electron chi connectivity index (χ1n) is 10.3. The van der Waals surface area contributed by atoms with Gasteiger partial charge in [0.1, 0.15) is 6.04 Å². The number of aryl methyl sites for hydroxylation is 1. The smallest absolute Gasteiger partial charge is 0.279 e. The van der Waals surface area contributed by atoms with Gasteiger partial charge in [-0.3, -0.25) is 4.79 Å². The summed E-state index contributed by atoms with van der Waals surface area (Å²) < 4.78 is 2.19. The number of hydrogen-bond donors (Lipinski definition) is 2. The van der Waals surface area contributed by atoms with E-state index in [1.54, 1.807) is 0 Å². The van der Waals surface area contributed by atoms with Gasteiger partial charge in [0.05, 0.1) is 12.2 Å². The van der Waals surface area contributed by atoms with Crippen molar-refractivity contribution in [1.82, 2.24) is 4.57 Å². The highest BCUT2D eigenvalue weighted by molar-refractivity contribution is 5.91. The average molecular weight is 368 g/mol. The molecule has 2 saturated heterocycles. The van der Waals surface area contributed by atoms with Crippen molar-refractivity contribution in [1.29, 1.82) is 0 Å². The van der Waals surface area contributed by atoms with Gasteiger partial charge in [0.2, 0.25) is 0 Å². The number of carbonyl (C=O) groups excluding carboxylic acids is 1. The summed E-state index contributed by atoms with van der Waals surface area (Å²) in [7, 11) is 2.09. The fraction of sp³-hybridized carbons (Fsp3) is 0.500. The van der Waals surface area contributed by atoms with Gasteiger partial charge in [0, 0.05) is 50.6 Å². The molecule has 2 fully saturated rings. The number of anilines is 2. The van der Waals surface area contributed by atoms with E-state index in [0.29, 0.717) is 12.6 Å². The largest absolute Gasteiger partial charge is 0.372 e. The number of quaternary nitrogens is 1. The van der Waals surface area contributed by atoms with Gasteiger partial charge >= 0.3 is 0 Å². The van der Waals surface area contributed by atoms with Gasteiger partial charge < -0.3 is 19.7 Å². The number of aromatic nitrogens is 1. The van der Waals surface area contributed by atoms with Crippen LogP contribution in [0, 0.1) is 0 Å². The maximum atomic E-state index is 12.6. The highest BCUT2D eigenvalue weighted by Crippen LogP contribution is 2.22. The van der Waals surface area contributed by atoms with E-state index in [4.69, 9.17) is 0 Å². The molecule has 2 aliphatic heterocycles. The van der Waals surface area contributed by atoms with Crippen LogP contribution in [0.15, 0.2) is 42.6 Å². The second-order valence-electron chi connectivity index (χ2n) is 7.97. The number of piperidine rings is 1. The Morgan fingerprint density at radius 2 is 1.89 bits per heavy atom. The maximum absolute atomic E-state index is 12.6. The lowest BCUT2D eigenvalue weighted by Crippen LogP contribution is -3.11. The van der Waals surface area contributed by atoms with E-state index in [2.05, 4.69) is 52.3 Å². The standard InChI is InChI=1S/C22H30N4O/c1-24-13-5-7-20(24)21-8-6-16-26(21)17-22(27)23-18-9-11-19(12-10-18)25-14-3-2-4-15-25/h5,7,9-13,21H,2-4,6,8,14-17H2,1H3,(H,23,27)/p+1/t21-/m0/s1. The van der Waals surface area contributed by atoms with Crippen molar-refractivity contribution in [3.63, 3.8) is 0 Å². The molecule has 1 aromatic carbocycles. The minimum absolute atomic E-state index is 0.108. The summed E-state index contributed by atoms with van der Waals surface area (Å²) in [6.07, 6.45) is 8.33. The molecule has 5 nitrogen and oxygen atoms in total. The highest BCUT2D eigenvalue weighted by Gasteiger charge is 2.32. The third-order valence-corrected chi connectivity index (χ3v) is 6.08. The molecule has 0 saturated carbocycles. The van der Waals surface area contributed by atoms with Gasteiger partial charge in [-0.1, -0.05) is 0 Å². The van der Waals surface area contributed by atoms with Gasteiger partial charge in [-0.05, 0) is 55.7 Å². The molecule has 1 amide bonds. The van der Waals surface area contributed by atoms with Gasteiger partial charge in [-0.2, -0.15) is 0 Å². The lowest BCUT2D eigenvalue weighted by Gasteiger charge is -2.28. The lowest BCUT2D eigenvalue weighted by molar-refractivity contribution is -0.910. The second-order valence-corrected chi connectivity index (χ2v) is 7.97. The summed E-state index contributed by atoms with van der Waals surface area (Å²) in [5.41, 5.74) is 3.50. The number of hydrogen-bond acceptors (Lipinski definition) is 2. The third kappa shape index (κ3) is 4.19. The van der Waals surface area contributed by atoms with E-state index in [0.717, 1.165) is 31.7 Å². The first kappa shape index (κ1) is 18.1. The maximum Gasteiger partial charge on any atom is 0.279 e. The molecule has 2 aromatic rings. The SMILES string of the molecule is Cn1cccc1[C@@H]1CCC[NH+]1CC(=O)Nc1ccc(N2CCCCC2)cc1. The molecule has 144 valence electrons. The highest BCUT2D eigenvalue weighted by atomic mass is 16.2. The lowest BCUT2D eigenvalue weighted by atomic mass is 10.1. The monoisotopic (exact) mass is 367 g/mol. The van der Waals surface area contributed by atoms with Crippen molar-refractivity contribution in [2.75, 3.05) is 36.4 Å². The molecule has 3 heterocycles. The predicted octanol–water partition coefficient (Wildman–Crippen LogP) is 2.37. The molecule has 0 spiro atoms. The zero-order chi connectivity index (χ0) is 18.6. The Bertz CT molecular complexity index is 761. The van der Waals surface area contributed by atoms with Crippen molar-refractivity contribution >= 4 is 17.3 Å². The second kappa shape index (κ2) is 8.17. The van der Waals surface area contributed by atoms with Crippen molar-refractivity contribution in [3.8, 4) is 0 Å². The molecule has 2 aliphatic rings. The number of carbonyl (C=O) groups is 1. The molecule has 5 heteroatoms. The van der Waals surface area contributed by atoms with Crippen LogP contribution in [0.1, 0.15) is 43.8 Å². The Labute approximate surface area is 162 Å². The number of amides is 1. The molecule has 1 unspecified atom stereocenters. The van der Waals surface area contributed by atoms with Gasteiger partial charge in [-0.15, -0.1) is 0 Å². The van der Waals surface area contributed by atoms with Gasteiger partial charge in [0.25, 0.3) is 5.91 Å². The molecule has 0 aliphatic carbocycles. The first-order chi connectivity index (χ1) is 13.2. The predicted molar refractivity (Wildman–Crippen MR) is 109 cm³/mol. The van der Waals surface area contributed by atoms with Crippen LogP contribution in [-0.2, 0) is 11.8 Å². The fourth-order valence-corrected chi connectivity index (χ4v) is 4.64. The number of nitrogens with one attached hydrogen (secondary N) is 2. The van der Waals surface area contributed by atoms with E-state index >= 15 is 0 Å². The van der Waals surface area contributed by atoms with Crippen LogP contribution >= 0.6 is 0 Å². The van der Waals surface area contributed by atoms with Crippen molar-refractivity contribution in [2.24, 2.45) is 7.05 Å². The summed E-state index contributed by atoms with van der Waals surface area (Å²) >= 11 is 0. The fourth-order valence-electron chi connectivity index (χ4n) is 4.64. The zero-order valence-corrected chi connectivity index (χ0v) is 16.3. The average Bonchev–Trinajstić information content (AvgIpc) is 3.31. The van der Waals surface area contributed by atoms with Crippen LogP contribution in [0.3, 0.4) is 0 Å². The van der Waals surface area contributed by atoms with Crippen LogP contribution < -0.4 is 15.1 Å². The number of nitrogens with zero attached hydrogens (tertiary/aromatic N) is 2. The number of likely N-dealkylation sites (tertiary alicyclic amines) is 1. The summed E-state index contributed by atoms with van der Waals surface area (Å²) in [6.45, 7) is 3.88. The van der Waals surface area contributed by atoms with Crippen LogP contribution in [0.25, 0.3) is 0 Å². The van der Waals surface area contributed by atoms with E-state index in [1.807, 2.05) is 12.1 Å². The topological polar surface area (TPSA) is 41.7 Å². The summed E-state index contributed by atoms with van der Waals surface area (Å²) in [5, 5.41) is 3.09. The van der Waals surface area contributed by atoms with Crippen molar-refractivity contribution < 1.29 is 9.69 Å². The summed E-state index contributed by atoms with van der Waals surface area (Å²) in [6, 6.07) is 13.1. The Morgan fingerprint density at radius 3 is 2.59 bits per heavy atom. The zero-order valence-electron chi connectivity index (χ0n) is 16.3. The Kier molecular flexibility index (Phi) is 5.48. The third-order valence-electron chi connectivity index (χ3n) is 6.08. The number of benzene rings is 1. The molecule has 1 aromatic heterocycles. The van der Waals surface area contributed by atoms with Crippen LogP contribution in [0.2, 0.25) is 0 Å². The Morgan fingerprint density at radius 1 is 1.11 bits per heavy atom.